The van der Waals surface area contributed by atoms with E-state index in [2.05, 4.69) is 20.9 Å². The first-order chi connectivity index (χ1) is 11.3. The van der Waals surface area contributed by atoms with Crippen LogP contribution in [-0.2, 0) is 4.74 Å². The summed E-state index contributed by atoms with van der Waals surface area (Å²) in [7, 11) is 0. The van der Waals surface area contributed by atoms with Gasteiger partial charge in [0, 0.05) is 15.9 Å². The van der Waals surface area contributed by atoms with Gasteiger partial charge in [-0.3, -0.25) is 4.79 Å². The van der Waals surface area contributed by atoms with Crippen molar-refractivity contribution in [2.45, 2.75) is 20.8 Å². The normalized spacial score (nSPS) is 10.5. The lowest BCUT2D eigenvalue weighted by Gasteiger charge is -2.09. The summed E-state index contributed by atoms with van der Waals surface area (Å²) < 4.78 is 11.3. The van der Waals surface area contributed by atoms with Crippen molar-refractivity contribution in [2.75, 3.05) is 13.2 Å². The maximum absolute atomic E-state index is 12.6. The Labute approximate surface area is 153 Å². The molecule has 0 spiro atoms. The Balaban J connectivity index is 2.22. The van der Waals surface area contributed by atoms with E-state index in [0.717, 1.165) is 4.47 Å². The number of H-pyrrole nitrogens is 1. The number of halogens is 2. The van der Waals surface area contributed by atoms with Gasteiger partial charge >= 0.3 is 5.97 Å². The summed E-state index contributed by atoms with van der Waals surface area (Å²) in [6, 6.07) is 5.11. The average molecular weight is 415 g/mol. The van der Waals surface area contributed by atoms with Gasteiger partial charge in [0.15, 0.2) is 6.61 Å². The number of rotatable bonds is 6. The van der Waals surface area contributed by atoms with Crippen molar-refractivity contribution >= 4 is 39.3 Å². The lowest BCUT2D eigenvalue weighted by Crippen LogP contribution is -2.17. The van der Waals surface area contributed by atoms with Crippen molar-refractivity contribution in [3.63, 3.8) is 0 Å². The fourth-order valence-corrected chi connectivity index (χ4v) is 3.12. The number of aromatic amines is 1. The van der Waals surface area contributed by atoms with Gasteiger partial charge in [-0.15, -0.1) is 0 Å². The third-order valence-electron chi connectivity index (χ3n) is 3.39. The van der Waals surface area contributed by atoms with Crippen molar-refractivity contribution in [1.29, 1.82) is 0 Å². The molecule has 0 atom stereocenters. The lowest BCUT2D eigenvalue weighted by atomic mass is 10.1. The molecule has 2 rings (SSSR count). The Hall–Kier alpha value is -1.79. The number of hydrogen-bond acceptors (Lipinski definition) is 4. The van der Waals surface area contributed by atoms with Gasteiger partial charge in [0.25, 0.3) is 0 Å². The van der Waals surface area contributed by atoms with Crippen LogP contribution in [0.15, 0.2) is 22.7 Å². The van der Waals surface area contributed by atoms with Gasteiger partial charge in [0.2, 0.25) is 5.78 Å². The van der Waals surface area contributed by atoms with E-state index in [1.54, 1.807) is 39.0 Å². The van der Waals surface area contributed by atoms with Crippen molar-refractivity contribution in [2.24, 2.45) is 0 Å². The van der Waals surface area contributed by atoms with E-state index < -0.39 is 5.97 Å². The number of carbonyl (C=O) groups excluding carboxylic acids is 2. The number of benzene rings is 1. The van der Waals surface area contributed by atoms with Crippen LogP contribution in [0.25, 0.3) is 0 Å². The number of hydrogen-bond donors (Lipinski definition) is 1. The molecule has 0 bridgehead atoms. The van der Waals surface area contributed by atoms with E-state index in [0.29, 0.717) is 27.7 Å². The monoisotopic (exact) mass is 413 g/mol. The van der Waals surface area contributed by atoms with E-state index in [-0.39, 0.29) is 24.6 Å². The number of carbonyl (C=O) groups is 2. The van der Waals surface area contributed by atoms with E-state index in [1.165, 1.54) is 0 Å². The lowest BCUT2D eigenvalue weighted by molar-refractivity contribution is 0.0522. The first-order valence-corrected chi connectivity index (χ1v) is 8.49. The molecule has 128 valence electrons. The Bertz CT molecular complexity index is 785. The highest BCUT2D eigenvalue weighted by Gasteiger charge is 2.25. The van der Waals surface area contributed by atoms with E-state index >= 15 is 0 Å². The summed E-state index contributed by atoms with van der Waals surface area (Å²) in [6.45, 7) is 5.18. The fourth-order valence-electron chi connectivity index (χ4n) is 2.40. The van der Waals surface area contributed by atoms with Gasteiger partial charge in [-0.2, -0.15) is 0 Å². The second-order valence-electron chi connectivity index (χ2n) is 5.13. The second kappa shape index (κ2) is 7.85. The molecule has 1 N–H and O–H groups in total. The van der Waals surface area contributed by atoms with Crippen LogP contribution in [0.4, 0.5) is 0 Å². The molecule has 1 aromatic heterocycles. The molecule has 0 unspecified atom stereocenters. The Kier molecular flexibility index (Phi) is 6.07. The maximum atomic E-state index is 12.6. The van der Waals surface area contributed by atoms with Crippen LogP contribution < -0.4 is 4.74 Å². The highest BCUT2D eigenvalue weighted by Crippen LogP contribution is 2.28. The molecule has 2 aromatic rings. The molecule has 1 heterocycles. The minimum absolute atomic E-state index is 0.230. The number of Topliss-reactive ketones (excluding diaryl/α,β-unsaturated/α-hetero) is 1. The minimum atomic E-state index is -0.524. The molecule has 0 aliphatic rings. The standard InChI is InChI=1S/C17H17BrClNO4/c1-4-23-17(22)16-10(3)20-9(2)15(16)13(21)8-24-14-6-5-11(18)7-12(14)19/h5-7,20H,4,8H2,1-3H3. The summed E-state index contributed by atoms with van der Waals surface area (Å²) in [5, 5.41) is 0.393. The molecule has 0 radical (unpaired) electrons. The topological polar surface area (TPSA) is 68.4 Å². The van der Waals surface area contributed by atoms with Crippen LogP contribution in [-0.4, -0.2) is 30.0 Å². The highest BCUT2D eigenvalue weighted by molar-refractivity contribution is 9.10. The molecule has 5 nitrogen and oxygen atoms in total. The van der Waals surface area contributed by atoms with Crippen molar-refractivity contribution in [3.05, 3.63) is 50.2 Å². The van der Waals surface area contributed by atoms with E-state index in [4.69, 9.17) is 21.1 Å². The Morgan fingerprint density at radius 2 is 1.88 bits per heavy atom. The number of ether oxygens (including phenoxy) is 2. The number of esters is 1. The molecular formula is C17H17BrClNO4. The van der Waals surface area contributed by atoms with Crippen molar-refractivity contribution < 1.29 is 19.1 Å². The highest BCUT2D eigenvalue weighted by atomic mass is 79.9. The third-order valence-corrected chi connectivity index (χ3v) is 4.17. The Morgan fingerprint density at radius 3 is 2.50 bits per heavy atom. The molecule has 7 heteroatoms. The van der Waals surface area contributed by atoms with Gasteiger partial charge < -0.3 is 14.5 Å². The van der Waals surface area contributed by atoms with Crippen LogP contribution >= 0.6 is 27.5 Å². The van der Waals surface area contributed by atoms with Crippen LogP contribution in [0, 0.1) is 13.8 Å². The molecule has 1 aromatic carbocycles. The van der Waals surface area contributed by atoms with Crippen LogP contribution in [0.5, 0.6) is 5.75 Å². The van der Waals surface area contributed by atoms with E-state index in [1.807, 2.05) is 0 Å². The summed E-state index contributed by atoms with van der Waals surface area (Å²) in [5.41, 5.74) is 1.74. The average Bonchev–Trinajstić information content (AvgIpc) is 2.80. The molecule has 0 saturated heterocycles. The second-order valence-corrected chi connectivity index (χ2v) is 6.45. The molecule has 24 heavy (non-hydrogen) atoms. The number of aryl methyl sites for hydroxylation is 2. The smallest absolute Gasteiger partial charge is 0.340 e. The number of aromatic nitrogens is 1. The molecule has 0 aliphatic carbocycles. The first-order valence-electron chi connectivity index (χ1n) is 7.32. The first kappa shape index (κ1) is 18.5. The van der Waals surface area contributed by atoms with Gasteiger partial charge in [0.1, 0.15) is 5.75 Å². The summed E-state index contributed by atoms with van der Waals surface area (Å²) in [6.07, 6.45) is 0. The van der Waals surface area contributed by atoms with Gasteiger partial charge in [-0.05, 0) is 39.0 Å². The Morgan fingerprint density at radius 1 is 1.21 bits per heavy atom. The summed E-state index contributed by atoms with van der Waals surface area (Å²) in [4.78, 5) is 27.7. The van der Waals surface area contributed by atoms with Crippen LogP contribution in [0.2, 0.25) is 5.02 Å². The molecule has 0 aliphatic heterocycles. The number of ketones is 1. The predicted octanol–water partition coefficient (Wildman–Crippen LogP) is 4.49. The molecule has 0 saturated carbocycles. The number of nitrogens with one attached hydrogen (secondary N) is 1. The zero-order valence-electron chi connectivity index (χ0n) is 13.5. The van der Waals surface area contributed by atoms with Gasteiger partial charge in [0.05, 0.1) is 22.8 Å². The quantitative estimate of drug-likeness (QED) is 0.559. The zero-order valence-corrected chi connectivity index (χ0v) is 15.9. The van der Waals surface area contributed by atoms with E-state index in [9.17, 15) is 9.59 Å². The SMILES string of the molecule is CCOC(=O)c1c(C)[nH]c(C)c1C(=O)COc1ccc(Br)cc1Cl. The molecular weight excluding hydrogens is 398 g/mol. The largest absolute Gasteiger partial charge is 0.484 e. The van der Waals surface area contributed by atoms with Gasteiger partial charge in [-0.1, -0.05) is 27.5 Å². The minimum Gasteiger partial charge on any atom is -0.484 e. The van der Waals surface area contributed by atoms with Crippen molar-refractivity contribution in [1.82, 2.24) is 4.98 Å². The zero-order chi connectivity index (χ0) is 17.9. The van der Waals surface area contributed by atoms with Crippen molar-refractivity contribution in [3.8, 4) is 5.75 Å². The maximum Gasteiger partial charge on any atom is 0.340 e. The third kappa shape index (κ3) is 3.99. The summed E-state index contributed by atoms with van der Waals surface area (Å²) >= 11 is 9.37. The fraction of sp³-hybridized carbons (Fsp3) is 0.294. The molecule has 0 amide bonds. The van der Waals surface area contributed by atoms with Gasteiger partial charge in [-0.25, -0.2) is 4.79 Å². The predicted molar refractivity (Wildman–Crippen MR) is 95.2 cm³/mol. The van der Waals surface area contributed by atoms with Crippen LogP contribution in [0.1, 0.15) is 39.0 Å². The van der Waals surface area contributed by atoms with Crippen LogP contribution in [0.3, 0.4) is 0 Å². The summed E-state index contributed by atoms with van der Waals surface area (Å²) in [5.74, 6) is -0.445. The molecule has 0 fully saturated rings.